The van der Waals surface area contributed by atoms with E-state index in [1.807, 2.05) is 6.26 Å². The van der Waals surface area contributed by atoms with E-state index in [1.165, 1.54) is 11.8 Å². The van der Waals surface area contributed by atoms with Gasteiger partial charge in [-0.3, -0.25) is 15.5 Å². The van der Waals surface area contributed by atoms with Gasteiger partial charge in [-0.05, 0) is 13.2 Å². The molecule has 1 atom stereocenters. The molecule has 1 aromatic heterocycles. The van der Waals surface area contributed by atoms with Crippen LogP contribution in [0.1, 0.15) is 6.92 Å². The number of nitrogen functional groups attached to an aromatic ring is 1. The molecule has 1 heterocycles. The molecule has 1 aromatic rings. The van der Waals surface area contributed by atoms with Crippen LogP contribution < -0.4 is 16.6 Å². The van der Waals surface area contributed by atoms with Crippen LogP contribution in [0.25, 0.3) is 0 Å². The number of nitrogens with two attached hydrogens (primary N) is 1. The van der Waals surface area contributed by atoms with Gasteiger partial charge >= 0.3 is 5.69 Å². The van der Waals surface area contributed by atoms with E-state index in [1.54, 1.807) is 6.92 Å². The van der Waals surface area contributed by atoms with E-state index in [0.717, 1.165) is 6.20 Å². The highest BCUT2D eigenvalue weighted by Crippen LogP contribution is 2.22. The summed E-state index contributed by atoms with van der Waals surface area (Å²) in [5, 5.41) is 23.6. The Balaban J connectivity index is 2.89. The first-order valence-corrected chi connectivity index (χ1v) is 6.72. The Kier molecular flexibility index (Phi) is 5.27. The Labute approximate surface area is 114 Å². The Morgan fingerprint density at radius 3 is 2.89 bits per heavy atom. The zero-order chi connectivity index (χ0) is 14.5. The molecule has 106 valence electrons. The smallest absolute Gasteiger partial charge is 0.329 e. The normalized spacial score (nSPS) is 13.7. The highest BCUT2D eigenvalue weighted by molar-refractivity contribution is 7.98. The molecular weight excluding hydrogens is 272 g/mol. The second-order valence-corrected chi connectivity index (χ2v) is 4.98. The lowest BCUT2D eigenvalue weighted by atomic mass is 10.1. The molecule has 0 fully saturated rings. The van der Waals surface area contributed by atoms with Gasteiger partial charge in [0.2, 0.25) is 11.8 Å². The van der Waals surface area contributed by atoms with E-state index < -0.39 is 10.5 Å². The first-order valence-electron chi connectivity index (χ1n) is 5.33. The minimum atomic E-state index is -1.01. The van der Waals surface area contributed by atoms with Crippen LogP contribution in [0.4, 0.5) is 17.5 Å². The number of thioether (sulfide) groups is 1. The van der Waals surface area contributed by atoms with E-state index in [-0.39, 0.29) is 24.0 Å². The van der Waals surface area contributed by atoms with Crippen molar-refractivity contribution in [2.24, 2.45) is 5.84 Å². The third kappa shape index (κ3) is 4.50. The molecule has 10 heteroatoms. The molecule has 0 bridgehead atoms. The number of hydrazine groups is 1. The monoisotopic (exact) mass is 288 g/mol. The first-order chi connectivity index (χ1) is 8.89. The fraction of sp³-hybridized carbons (Fsp3) is 0.556. The summed E-state index contributed by atoms with van der Waals surface area (Å²) >= 11 is 1.47. The van der Waals surface area contributed by atoms with Gasteiger partial charge in [0.15, 0.2) is 0 Å². The zero-order valence-electron chi connectivity index (χ0n) is 10.6. The highest BCUT2D eigenvalue weighted by Gasteiger charge is 2.23. The third-order valence-electron chi connectivity index (χ3n) is 2.19. The number of nitrogens with zero attached hydrogens (tertiary/aromatic N) is 3. The van der Waals surface area contributed by atoms with Crippen LogP contribution in [0.2, 0.25) is 0 Å². The zero-order valence-corrected chi connectivity index (χ0v) is 11.4. The van der Waals surface area contributed by atoms with Gasteiger partial charge in [-0.2, -0.15) is 16.7 Å². The quantitative estimate of drug-likeness (QED) is 0.314. The van der Waals surface area contributed by atoms with Crippen molar-refractivity contribution in [2.45, 2.75) is 12.5 Å². The van der Waals surface area contributed by atoms with Gasteiger partial charge in [0, 0.05) is 12.3 Å². The van der Waals surface area contributed by atoms with Crippen molar-refractivity contribution in [3.63, 3.8) is 0 Å². The van der Waals surface area contributed by atoms with E-state index in [9.17, 15) is 15.2 Å². The van der Waals surface area contributed by atoms with Gasteiger partial charge in [0.1, 0.15) is 6.20 Å². The molecule has 0 aliphatic rings. The standard InChI is InChI=1S/C9H16N6O3S/c1-9(16,5-19-2)4-12-7-6(15(17)18)3-11-8(13-7)14-10/h3,16H,4-5,10H2,1-2H3,(H2,11,12,13,14). The van der Waals surface area contributed by atoms with Gasteiger partial charge in [0.25, 0.3) is 0 Å². The predicted octanol–water partition coefficient (Wildman–Crippen LogP) is 0.196. The van der Waals surface area contributed by atoms with E-state index in [0.29, 0.717) is 5.75 Å². The molecule has 0 amide bonds. The van der Waals surface area contributed by atoms with Crippen molar-refractivity contribution in [3.8, 4) is 0 Å². The molecule has 0 aromatic carbocycles. The molecule has 0 aliphatic carbocycles. The number of rotatable bonds is 7. The summed E-state index contributed by atoms with van der Waals surface area (Å²) in [6.45, 7) is 1.75. The van der Waals surface area contributed by atoms with E-state index in [4.69, 9.17) is 5.84 Å². The summed E-state index contributed by atoms with van der Waals surface area (Å²) in [5.74, 6) is 5.70. The number of nitrogens with one attached hydrogen (secondary N) is 2. The fourth-order valence-electron chi connectivity index (χ4n) is 1.34. The van der Waals surface area contributed by atoms with Gasteiger partial charge in [-0.25, -0.2) is 10.8 Å². The van der Waals surface area contributed by atoms with E-state index in [2.05, 4.69) is 20.7 Å². The topological polar surface area (TPSA) is 139 Å². The number of aromatic nitrogens is 2. The van der Waals surface area contributed by atoms with Crippen LogP contribution in [-0.4, -0.2) is 44.2 Å². The number of nitro groups is 1. The van der Waals surface area contributed by atoms with Crippen LogP contribution in [0.15, 0.2) is 6.20 Å². The van der Waals surface area contributed by atoms with E-state index >= 15 is 0 Å². The second kappa shape index (κ2) is 6.50. The summed E-state index contributed by atoms with van der Waals surface area (Å²) in [4.78, 5) is 17.8. The summed E-state index contributed by atoms with van der Waals surface area (Å²) < 4.78 is 0. The molecule has 0 saturated carbocycles. The second-order valence-electron chi connectivity index (χ2n) is 4.11. The van der Waals surface area contributed by atoms with Crippen molar-refractivity contribution in [3.05, 3.63) is 16.3 Å². The van der Waals surface area contributed by atoms with Gasteiger partial charge < -0.3 is 10.4 Å². The van der Waals surface area contributed by atoms with Crippen LogP contribution in [-0.2, 0) is 0 Å². The highest BCUT2D eigenvalue weighted by atomic mass is 32.2. The van der Waals surface area contributed by atoms with Crippen LogP contribution in [0.5, 0.6) is 0 Å². The van der Waals surface area contributed by atoms with Gasteiger partial charge in [-0.1, -0.05) is 0 Å². The summed E-state index contributed by atoms with van der Waals surface area (Å²) in [5.41, 5.74) is 0.920. The number of hydrogen-bond acceptors (Lipinski definition) is 9. The fourth-order valence-corrected chi connectivity index (χ4v) is 2.07. The van der Waals surface area contributed by atoms with Crippen molar-refractivity contribution in [1.29, 1.82) is 0 Å². The lowest BCUT2D eigenvalue weighted by Crippen LogP contribution is -2.36. The maximum Gasteiger partial charge on any atom is 0.329 e. The first kappa shape index (κ1) is 15.4. The largest absolute Gasteiger partial charge is 0.387 e. The minimum Gasteiger partial charge on any atom is -0.387 e. The molecule has 0 saturated heterocycles. The Morgan fingerprint density at radius 2 is 2.37 bits per heavy atom. The summed E-state index contributed by atoms with van der Waals surface area (Å²) in [6.07, 6.45) is 2.91. The SMILES string of the molecule is CSCC(C)(O)CNc1nc(NN)ncc1[N+](=O)[O-]. The third-order valence-corrected chi connectivity index (χ3v) is 3.10. The molecular formula is C9H16N6O3S. The minimum absolute atomic E-state index is 0.00864. The van der Waals surface area contributed by atoms with Crippen molar-refractivity contribution in [1.82, 2.24) is 9.97 Å². The molecule has 0 radical (unpaired) electrons. The number of anilines is 2. The molecule has 1 unspecified atom stereocenters. The maximum absolute atomic E-state index is 10.8. The average Bonchev–Trinajstić information content (AvgIpc) is 2.35. The average molecular weight is 288 g/mol. The molecule has 5 N–H and O–H groups in total. The number of hydrogen-bond donors (Lipinski definition) is 4. The Bertz CT molecular complexity index is 456. The maximum atomic E-state index is 10.8. The summed E-state index contributed by atoms with van der Waals surface area (Å²) in [6, 6.07) is 0. The van der Waals surface area contributed by atoms with Crippen LogP contribution in [0, 0.1) is 10.1 Å². The molecule has 9 nitrogen and oxygen atoms in total. The number of aliphatic hydroxyl groups is 1. The molecule has 19 heavy (non-hydrogen) atoms. The Hall–Kier alpha value is -1.65. The van der Waals surface area contributed by atoms with Crippen LogP contribution >= 0.6 is 11.8 Å². The molecule has 1 rings (SSSR count). The van der Waals surface area contributed by atoms with Gasteiger partial charge in [0.05, 0.1) is 10.5 Å². The lowest BCUT2D eigenvalue weighted by Gasteiger charge is -2.22. The predicted molar refractivity (Wildman–Crippen MR) is 74.0 cm³/mol. The Morgan fingerprint density at radius 1 is 1.68 bits per heavy atom. The summed E-state index contributed by atoms with van der Waals surface area (Å²) in [7, 11) is 0. The van der Waals surface area contributed by atoms with Crippen molar-refractivity contribution < 1.29 is 10.0 Å². The van der Waals surface area contributed by atoms with Crippen LogP contribution in [0.3, 0.4) is 0 Å². The van der Waals surface area contributed by atoms with Gasteiger partial charge in [-0.15, -0.1) is 0 Å². The van der Waals surface area contributed by atoms with Crippen molar-refractivity contribution >= 4 is 29.2 Å². The molecule has 0 spiro atoms. The molecule has 0 aliphatic heterocycles. The lowest BCUT2D eigenvalue weighted by molar-refractivity contribution is -0.384. The van der Waals surface area contributed by atoms with Crippen molar-refractivity contribution in [2.75, 3.05) is 29.3 Å².